The molecule has 1 saturated carbocycles. The molecule has 1 fully saturated rings. The van der Waals surface area contributed by atoms with Crippen LogP contribution in [0.1, 0.15) is 63.3 Å². The fourth-order valence-corrected chi connectivity index (χ4v) is 4.49. The molecule has 4 heteroatoms. The second-order valence-corrected chi connectivity index (χ2v) is 7.93. The maximum atomic E-state index is 6.41. The predicted molar refractivity (Wildman–Crippen MR) is 94.0 cm³/mol. The summed E-state index contributed by atoms with van der Waals surface area (Å²) in [5.74, 6) is 1.70. The summed E-state index contributed by atoms with van der Waals surface area (Å²) in [6.07, 6.45) is 10.4. The molecule has 0 unspecified atom stereocenters. The van der Waals surface area contributed by atoms with Crippen molar-refractivity contribution in [3.05, 3.63) is 15.9 Å². The Morgan fingerprint density at radius 3 is 2.52 bits per heavy atom. The van der Waals surface area contributed by atoms with E-state index in [1.807, 2.05) is 11.7 Å². The van der Waals surface area contributed by atoms with Gasteiger partial charge in [-0.1, -0.05) is 26.2 Å². The standard InChI is InChI=1S/C17H28BrClN2/c1-4-5-6-14-7-9-17(12-19,10-8-14)11-15-16(18)13(2)20-21(15)3/h14H,4-12H2,1-3H3. The largest absolute Gasteiger partial charge is 0.271 e. The van der Waals surface area contributed by atoms with Crippen LogP contribution >= 0.6 is 27.5 Å². The van der Waals surface area contributed by atoms with Crippen molar-refractivity contribution >= 4 is 27.5 Å². The molecule has 0 aromatic carbocycles. The summed E-state index contributed by atoms with van der Waals surface area (Å²) in [6, 6.07) is 0. The second-order valence-electron chi connectivity index (χ2n) is 6.87. The van der Waals surface area contributed by atoms with E-state index in [9.17, 15) is 0 Å². The molecular weight excluding hydrogens is 348 g/mol. The number of aromatic nitrogens is 2. The molecule has 0 spiro atoms. The number of aryl methyl sites for hydroxylation is 2. The first-order chi connectivity index (χ1) is 10.0. The van der Waals surface area contributed by atoms with Gasteiger partial charge >= 0.3 is 0 Å². The lowest BCUT2D eigenvalue weighted by Crippen LogP contribution is -2.32. The third-order valence-electron chi connectivity index (χ3n) is 5.22. The van der Waals surface area contributed by atoms with Gasteiger partial charge in [0.2, 0.25) is 0 Å². The third kappa shape index (κ3) is 4.04. The smallest absolute Gasteiger partial charge is 0.0738 e. The number of hydrogen-bond acceptors (Lipinski definition) is 1. The van der Waals surface area contributed by atoms with Crippen molar-refractivity contribution in [1.82, 2.24) is 9.78 Å². The Balaban J connectivity index is 2.03. The summed E-state index contributed by atoms with van der Waals surface area (Å²) >= 11 is 10.1. The molecule has 0 aliphatic heterocycles. The first kappa shape index (κ1) is 17.3. The van der Waals surface area contributed by atoms with Crippen LogP contribution in [0, 0.1) is 18.3 Å². The molecule has 1 aromatic rings. The number of rotatable bonds is 6. The Bertz CT molecular complexity index is 462. The molecule has 1 aromatic heterocycles. The molecule has 0 amide bonds. The van der Waals surface area contributed by atoms with Gasteiger partial charge in [0.1, 0.15) is 0 Å². The first-order valence-corrected chi connectivity index (χ1v) is 9.58. The van der Waals surface area contributed by atoms with Gasteiger partial charge in [0, 0.05) is 12.9 Å². The Morgan fingerprint density at radius 2 is 2.05 bits per heavy atom. The van der Waals surface area contributed by atoms with Crippen LogP contribution in [-0.2, 0) is 13.5 Å². The van der Waals surface area contributed by atoms with E-state index < -0.39 is 0 Å². The zero-order chi connectivity index (χ0) is 15.5. The van der Waals surface area contributed by atoms with Gasteiger partial charge in [-0.2, -0.15) is 5.10 Å². The number of nitrogens with zero attached hydrogens (tertiary/aromatic N) is 2. The summed E-state index contributed by atoms with van der Waals surface area (Å²) in [5, 5.41) is 4.52. The van der Waals surface area contributed by atoms with E-state index in [2.05, 4.69) is 34.9 Å². The van der Waals surface area contributed by atoms with Crippen molar-refractivity contribution in [3.63, 3.8) is 0 Å². The quantitative estimate of drug-likeness (QED) is 0.588. The number of hydrogen-bond donors (Lipinski definition) is 0. The normalized spacial score (nSPS) is 26.2. The van der Waals surface area contributed by atoms with Crippen molar-refractivity contribution in [3.8, 4) is 0 Å². The number of unbranched alkanes of at least 4 members (excludes halogenated alkanes) is 1. The molecular formula is C17H28BrClN2. The lowest BCUT2D eigenvalue weighted by atomic mass is 9.68. The molecule has 1 aliphatic rings. The molecule has 0 bridgehead atoms. The Kier molecular flexibility index (Phi) is 6.19. The highest BCUT2D eigenvalue weighted by molar-refractivity contribution is 9.10. The van der Waals surface area contributed by atoms with Crippen LogP contribution in [0.25, 0.3) is 0 Å². The topological polar surface area (TPSA) is 17.8 Å². The highest BCUT2D eigenvalue weighted by Gasteiger charge is 2.36. The van der Waals surface area contributed by atoms with Gasteiger partial charge in [0.25, 0.3) is 0 Å². The average molecular weight is 376 g/mol. The Morgan fingerprint density at radius 1 is 1.38 bits per heavy atom. The van der Waals surface area contributed by atoms with Crippen LogP contribution in [-0.4, -0.2) is 15.7 Å². The lowest BCUT2D eigenvalue weighted by Gasteiger charge is -2.39. The minimum atomic E-state index is 0.271. The van der Waals surface area contributed by atoms with Gasteiger partial charge in [-0.25, -0.2) is 0 Å². The van der Waals surface area contributed by atoms with Crippen molar-refractivity contribution in [1.29, 1.82) is 0 Å². The minimum Gasteiger partial charge on any atom is -0.271 e. The van der Waals surface area contributed by atoms with Gasteiger partial charge < -0.3 is 0 Å². The summed E-state index contributed by atoms with van der Waals surface area (Å²) in [7, 11) is 2.04. The summed E-state index contributed by atoms with van der Waals surface area (Å²) in [6.45, 7) is 4.34. The second kappa shape index (κ2) is 7.50. The van der Waals surface area contributed by atoms with E-state index in [0.717, 1.165) is 23.9 Å². The molecule has 120 valence electrons. The monoisotopic (exact) mass is 374 g/mol. The molecule has 2 rings (SSSR count). The van der Waals surface area contributed by atoms with Crippen molar-refractivity contribution < 1.29 is 0 Å². The van der Waals surface area contributed by atoms with Gasteiger partial charge in [-0.3, -0.25) is 4.68 Å². The van der Waals surface area contributed by atoms with Crippen LogP contribution < -0.4 is 0 Å². The molecule has 0 radical (unpaired) electrons. The molecule has 1 heterocycles. The lowest BCUT2D eigenvalue weighted by molar-refractivity contribution is 0.163. The van der Waals surface area contributed by atoms with Crippen LogP contribution in [0.3, 0.4) is 0 Å². The molecule has 21 heavy (non-hydrogen) atoms. The fraction of sp³-hybridized carbons (Fsp3) is 0.824. The average Bonchev–Trinajstić information content (AvgIpc) is 2.73. The van der Waals surface area contributed by atoms with Gasteiger partial charge in [0.05, 0.1) is 15.9 Å². The summed E-state index contributed by atoms with van der Waals surface area (Å²) in [5.41, 5.74) is 2.65. The summed E-state index contributed by atoms with van der Waals surface area (Å²) in [4.78, 5) is 0. The van der Waals surface area contributed by atoms with Gasteiger partial charge in [-0.05, 0) is 66.3 Å². The molecule has 1 aliphatic carbocycles. The van der Waals surface area contributed by atoms with Gasteiger partial charge in [0.15, 0.2) is 0 Å². The maximum Gasteiger partial charge on any atom is 0.0738 e. The SMILES string of the molecule is CCCCC1CCC(CCl)(Cc2c(Br)c(C)nn2C)CC1. The molecule has 2 nitrogen and oxygen atoms in total. The molecule has 0 saturated heterocycles. The highest BCUT2D eigenvalue weighted by atomic mass is 79.9. The first-order valence-electron chi connectivity index (χ1n) is 8.25. The van der Waals surface area contributed by atoms with Crippen LogP contribution in [0.15, 0.2) is 4.47 Å². The summed E-state index contributed by atoms with van der Waals surface area (Å²) < 4.78 is 3.19. The van der Waals surface area contributed by atoms with E-state index in [4.69, 9.17) is 11.6 Å². The van der Waals surface area contributed by atoms with Gasteiger partial charge in [-0.15, -0.1) is 11.6 Å². The zero-order valence-corrected chi connectivity index (χ0v) is 15.9. The van der Waals surface area contributed by atoms with Crippen molar-refractivity contribution in [2.45, 2.75) is 65.2 Å². The van der Waals surface area contributed by atoms with E-state index in [1.165, 1.54) is 55.1 Å². The van der Waals surface area contributed by atoms with E-state index >= 15 is 0 Å². The highest BCUT2D eigenvalue weighted by Crippen LogP contribution is 2.44. The van der Waals surface area contributed by atoms with E-state index in [-0.39, 0.29) is 5.41 Å². The number of halogens is 2. The fourth-order valence-electron chi connectivity index (χ4n) is 3.66. The van der Waals surface area contributed by atoms with E-state index in [0.29, 0.717) is 0 Å². The van der Waals surface area contributed by atoms with Crippen LogP contribution in [0.2, 0.25) is 0 Å². The van der Waals surface area contributed by atoms with Crippen molar-refractivity contribution in [2.75, 3.05) is 5.88 Å². The zero-order valence-electron chi connectivity index (χ0n) is 13.6. The number of alkyl halides is 1. The van der Waals surface area contributed by atoms with E-state index in [1.54, 1.807) is 0 Å². The molecule has 0 atom stereocenters. The minimum absolute atomic E-state index is 0.271. The van der Waals surface area contributed by atoms with Crippen molar-refractivity contribution in [2.24, 2.45) is 18.4 Å². The predicted octanol–water partition coefficient (Wildman–Crippen LogP) is 5.64. The third-order valence-corrected chi connectivity index (χ3v) is 6.82. The Labute approximate surface area is 142 Å². The van der Waals surface area contributed by atoms with Crippen LogP contribution in [0.4, 0.5) is 0 Å². The molecule has 0 N–H and O–H groups in total. The maximum absolute atomic E-state index is 6.41. The van der Waals surface area contributed by atoms with Crippen LogP contribution in [0.5, 0.6) is 0 Å². The Hall–Kier alpha value is -0.0200.